The highest BCUT2D eigenvalue weighted by atomic mass is 16.5. The van der Waals surface area contributed by atoms with Gasteiger partial charge in [-0.25, -0.2) is 4.79 Å². The largest absolute Gasteiger partial charge is 0.497 e. The van der Waals surface area contributed by atoms with Gasteiger partial charge in [-0.2, -0.15) is 0 Å². The van der Waals surface area contributed by atoms with Crippen molar-refractivity contribution in [3.05, 3.63) is 81.7 Å². The molecular formula is C24H21NO4. The highest BCUT2D eigenvalue weighted by molar-refractivity contribution is 6.06. The summed E-state index contributed by atoms with van der Waals surface area (Å²) in [5.41, 5.74) is 3.44. The Morgan fingerprint density at radius 3 is 2.69 bits per heavy atom. The van der Waals surface area contributed by atoms with Crippen molar-refractivity contribution in [3.8, 4) is 11.5 Å². The second-order valence-corrected chi connectivity index (χ2v) is 7.41. The standard InChI is InChI=1S/C24H21NO4/c1-15-22-17(11-21-19-8-3-4-9-20(19)24(26)29-23(15)21)13-25(14-28-22)12-16-6-5-7-18(10-16)27-2/h3-11H,12-14H2,1-2H3. The number of hydrogen-bond acceptors (Lipinski definition) is 5. The van der Waals surface area contributed by atoms with Crippen molar-refractivity contribution >= 4 is 21.7 Å². The minimum atomic E-state index is -0.313. The van der Waals surface area contributed by atoms with E-state index in [2.05, 4.69) is 17.0 Å². The molecule has 5 nitrogen and oxygen atoms in total. The Labute approximate surface area is 168 Å². The lowest BCUT2D eigenvalue weighted by Gasteiger charge is -2.30. The first kappa shape index (κ1) is 17.8. The minimum absolute atomic E-state index is 0.313. The second kappa shape index (κ2) is 6.94. The van der Waals surface area contributed by atoms with Crippen LogP contribution in [-0.2, 0) is 13.1 Å². The molecule has 29 heavy (non-hydrogen) atoms. The molecule has 1 aliphatic heterocycles. The van der Waals surface area contributed by atoms with Crippen LogP contribution in [0.15, 0.2) is 63.8 Å². The molecule has 0 atom stereocenters. The number of hydrogen-bond donors (Lipinski definition) is 0. The number of aryl methyl sites for hydroxylation is 1. The summed E-state index contributed by atoms with van der Waals surface area (Å²) in [4.78, 5) is 14.6. The Kier molecular flexibility index (Phi) is 4.25. The Morgan fingerprint density at radius 1 is 1.03 bits per heavy atom. The summed E-state index contributed by atoms with van der Waals surface area (Å²) in [7, 11) is 1.68. The summed E-state index contributed by atoms with van der Waals surface area (Å²) >= 11 is 0. The number of ether oxygens (including phenoxy) is 2. The van der Waals surface area contributed by atoms with Crippen LogP contribution in [0.1, 0.15) is 16.7 Å². The van der Waals surface area contributed by atoms with Crippen LogP contribution in [0.3, 0.4) is 0 Å². The van der Waals surface area contributed by atoms with Gasteiger partial charge in [-0.1, -0.05) is 30.3 Å². The maximum Gasteiger partial charge on any atom is 0.344 e. The van der Waals surface area contributed by atoms with E-state index in [-0.39, 0.29) is 5.63 Å². The Hall–Kier alpha value is -3.31. The summed E-state index contributed by atoms with van der Waals surface area (Å²) < 4.78 is 17.1. The number of nitrogens with zero attached hydrogens (tertiary/aromatic N) is 1. The van der Waals surface area contributed by atoms with E-state index in [1.807, 2.05) is 43.3 Å². The van der Waals surface area contributed by atoms with Gasteiger partial charge >= 0.3 is 5.63 Å². The molecule has 0 bridgehead atoms. The van der Waals surface area contributed by atoms with Crippen LogP contribution in [0.2, 0.25) is 0 Å². The third-order valence-electron chi connectivity index (χ3n) is 5.49. The molecule has 5 rings (SSSR count). The monoisotopic (exact) mass is 387 g/mol. The zero-order chi connectivity index (χ0) is 20.0. The number of fused-ring (bicyclic) bond motifs is 4. The molecular weight excluding hydrogens is 366 g/mol. The third kappa shape index (κ3) is 3.04. The smallest absolute Gasteiger partial charge is 0.344 e. The molecule has 0 radical (unpaired) electrons. The van der Waals surface area contributed by atoms with E-state index < -0.39 is 0 Å². The SMILES string of the molecule is COc1cccc(CN2COc3c(cc4c(oc(=O)c5ccccc54)c3C)C2)c1. The van der Waals surface area contributed by atoms with E-state index in [0.29, 0.717) is 17.7 Å². The molecule has 2 heterocycles. The first-order chi connectivity index (χ1) is 14.1. The zero-order valence-electron chi connectivity index (χ0n) is 16.4. The van der Waals surface area contributed by atoms with E-state index in [0.717, 1.165) is 46.5 Å². The molecule has 0 unspecified atom stereocenters. The predicted octanol–water partition coefficient (Wildman–Crippen LogP) is 4.62. The third-order valence-corrected chi connectivity index (χ3v) is 5.49. The maximum absolute atomic E-state index is 12.4. The van der Waals surface area contributed by atoms with Gasteiger partial charge in [-0.3, -0.25) is 4.90 Å². The molecule has 1 aromatic heterocycles. The molecule has 0 fully saturated rings. The Balaban J connectivity index is 1.56. The Morgan fingerprint density at radius 2 is 1.86 bits per heavy atom. The van der Waals surface area contributed by atoms with Crippen LogP contribution >= 0.6 is 0 Å². The maximum atomic E-state index is 12.4. The molecule has 0 amide bonds. The van der Waals surface area contributed by atoms with Crippen molar-refractivity contribution in [1.29, 1.82) is 0 Å². The summed E-state index contributed by atoms with van der Waals surface area (Å²) in [6.45, 7) is 3.96. The Bertz CT molecular complexity index is 1290. The van der Waals surface area contributed by atoms with Crippen molar-refractivity contribution in [2.24, 2.45) is 0 Å². The van der Waals surface area contributed by atoms with Crippen LogP contribution in [0, 0.1) is 6.92 Å². The van der Waals surface area contributed by atoms with Crippen molar-refractivity contribution in [1.82, 2.24) is 4.90 Å². The summed E-state index contributed by atoms with van der Waals surface area (Å²) in [6.07, 6.45) is 0. The number of benzene rings is 3. The van der Waals surface area contributed by atoms with Crippen molar-refractivity contribution in [2.45, 2.75) is 20.0 Å². The molecule has 5 heteroatoms. The number of methoxy groups -OCH3 is 1. The molecule has 3 aromatic carbocycles. The molecule has 0 N–H and O–H groups in total. The van der Waals surface area contributed by atoms with Crippen LogP contribution in [0.5, 0.6) is 11.5 Å². The first-order valence-corrected chi connectivity index (χ1v) is 9.60. The topological polar surface area (TPSA) is 51.9 Å². The van der Waals surface area contributed by atoms with E-state index in [1.54, 1.807) is 13.2 Å². The minimum Gasteiger partial charge on any atom is -0.497 e. The van der Waals surface area contributed by atoms with E-state index in [4.69, 9.17) is 13.9 Å². The lowest BCUT2D eigenvalue weighted by molar-refractivity contribution is 0.0881. The van der Waals surface area contributed by atoms with Gasteiger partial charge in [0, 0.05) is 29.6 Å². The van der Waals surface area contributed by atoms with Gasteiger partial charge < -0.3 is 13.9 Å². The fourth-order valence-corrected chi connectivity index (χ4v) is 4.12. The quantitative estimate of drug-likeness (QED) is 0.379. The summed E-state index contributed by atoms with van der Waals surface area (Å²) in [5, 5.41) is 2.46. The van der Waals surface area contributed by atoms with Gasteiger partial charge in [0.1, 0.15) is 23.8 Å². The average molecular weight is 387 g/mol. The van der Waals surface area contributed by atoms with Crippen LogP contribution in [0.25, 0.3) is 21.7 Å². The summed E-state index contributed by atoms with van der Waals surface area (Å²) in [5.74, 6) is 1.67. The lowest BCUT2D eigenvalue weighted by Crippen LogP contribution is -2.31. The van der Waals surface area contributed by atoms with Crippen LogP contribution in [0.4, 0.5) is 0 Å². The average Bonchev–Trinajstić information content (AvgIpc) is 2.75. The van der Waals surface area contributed by atoms with E-state index in [1.165, 1.54) is 5.56 Å². The van der Waals surface area contributed by atoms with Crippen molar-refractivity contribution in [3.63, 3.8) is 0 Å². The molecule has 146 valence electrons. The molecule has 0 aliphatic carbocycles. The van der Waals surface area contributed by atoms with Gasteiger partial charge in [0.05, 0.1) is 12.5 Å². The predicted molar refractivity (Wildman–Crippen MR) is 112 cm³/mol. The van der Waals surface area contributed by atoms with Gasteiger partial charge in [-0.05, 0) is 42.1 Å². The van der Waals surface area contributed by atoms with Crippen LogP contribution in [-0.4, -0.2) is 18.7 Å². The van der Waals surface area contributed by atoms with E-state index >= 15 is 0 Å². The highest BCUT2D eigenvalue weighted by Gasteiger charge is 2.23. The molecule has 0 saturated heterocycles. The first-order valence-electron chi connectivity index (χ1n) is 9.60. The summed E-state index contributed by atoms with van der Waals surface area (Å²) in [6, 6.07) is 17.8. The second-order valence-electron chi connectivity index (χ2n) is 7.41. The van der Waals surface area contributed by atoms with Crippen molar-refractivity contribution < 1.29 is 13.9 Å². The molecule has 0 spiro atoms. The zero-order valence-corrected chi connectivity index (χ0v) is 16.4. The molecule has 0 saturated carbocycles. The van der Waals surface area contributed by atoms with Crippen molar-refractivity contribution in [2.75, 3.05) is 13.8 Å². The van der Waals surface area contributed by atoms with Gasteiger partial charge in [0.25, 0.3) is 0 Å². The molecule has 4 aromatic rings. The molecule has 1 aliphatic rings. The fraction of sp³-hybridized carbons (Fsp3) is 0.208. The van der Waals surface area contributed by atoms with Gasteiger partial charge in [-0.15, -0.1) is 0 Å². The van der Waals surface area contributed by atoms with Gasteiger partial charge in [0.15, 0.2) is 0 Å². The lowest BCUT2D eigenvalue weighted by atomic mass is 10.00. The number of rotatable bonds is 3. The normalized spacial score (nSPS) is 14.0. The van der Waals surface area contributed by atoms with Gasteiger partial charge in [0.2, 0.25) is 0 Å². The van der Waals surface area contributed by atoms with Crippen LogP contribution < -0.4 is 15.1 Å². The van der Waals surface area contributed by atoms with E-state index in [9.17, 15) is 4.79 Å². The highest BCUT2D eigenvalue weighted by Crippen LogP contribution is 2.37. The fourth-order valence-electron chi connectivity index (χ4n) is 4.12.